The summed E-state index contributed by atoms with van der Waals surface area (Å²) in [5.41, 5.74) is 0. The van der Waals surface area contributed by atoms with Gasteiger partial charge in [-0.3, -0.25) is 4.79 Å². The second kappa shape index (κ2) is 4.40. The quantitative estimate of drug-likeness (QED) is 0.326. The zero-order valence-electron chi connectivity index (χ0n) is 5.44. The molecule has 0 rings (SSSR count). The fourth-order valence-electron chi connectivity index (χ4n) is 0.368. The van der Waals surface area contributed by atoms with Crippen LogP contribution < -0.4 is 0 Å². The van der Waals surface area contributed by atoms with E-state index in [2.05, 4.69) is 4.89 Å². The number of hydrogen-bond acceptors (Lipinski definition) is 5. The van der Waals surface area contributed by atoms with Crippen LogP contribution in [0.15, 0.2) is 0 Å². The average Bonchev–Trinajstić information content (AvgIpc) is 1.99. The smallest absolute Gasteiger partial charge is 0.372 e. The molecule has 0 fully saturated rings. The molecule has 0 aromatic carbocycles. The predicted octanol–water partition coefficient (Wildman–Crippen LogP) is -0.563. The van der Waals surface area contributed by atoms with Gasteiger partial charge in [0, 0.05) is 6.42 Å². The van der Waals surface area contributed by atoms with Gasteiger partial charge in [-0.25, -0.2) is 9.59 Å². The van der Waals surface area contributed by atoms with E-state index in [4.69, 9.17) is 10.4 Å². The lowest BCUT2D eigenvalue weighted by molar-refractivity contribution is -0.234. The van der Waals surface area contributed by atoms with E-state index in [1.807, 2.05) is 0 Å². The summed E-state index contributed by atoms with van der Waals surface area (Å²) in [6, 6.07) is 0. The van der Waals surface area contributed by atoms with Crippen molar-refractivity contribution in [2.45, 2.75) is 12.8 Å². The zero-order chi connectivity index (χ0) is 8.85. The molecule has 0 aliphatic carbocycles. The fourth-order valence-corrected chi connectivity index (χ4v) is 0.368. The Morgan fingerprint density at radius 3 is 2.09 bits per heavy atom. The Morgan fingerprint density at radius 2 is 1.73 bits per heavy atom. The minimum Gasteiger partial charge on any atom is -0.476 e. The molecule has 6 nitrogen and oxygen atoms in total. The van der Waals surface area contributed by atoms with Gasteiger partial charge in [-0.15, -0.1) is 0 Å². The Morgan fingerprint density at radius 1 is 1.18 bits per heavy atom. The van der Waals surface area contributed by atoms with Crippen molar-refractivity contribution in [3.63, 3.8) is 0 Å². The number of Topliss-reactive ketones (excluding diaryl/α,β-unsaturated/α-hetero) is 1. The third kappa shape index (κ3) is 4.04. The highest BCUT2D eigenvalue weighted by Gasteiger charge is 2.13. The van der Waals surface area contributed by atoms with E-state index >= 15 is 0 Å². The maximum absolute atomic E-state index is 10.3. The summed E-state index contributed by atoms with van der Waals surface area (Å²) in [6.45, 7) is 0. The molecule has 0 heterocycles. The van der Waals surface area contributed by atoms with Crippen LogP contribution in [0.3, 0.4) is 0 Å². The van der Waals surface area contributed by atoms with E-state index < -0.39 is 30.6 Å². The number of aliphatic carboxylic acids is 1. The second-order valence-corrected chi connectivity index (χ2v) is 1.69. The van der Waals surface area contributed by atoms with E-state index in [1.54, 1.807) is 0 Å². The molecule has 0 spiro atoms. The van der Waals surface area contributed by atoms with Crippen molar-refractivity contribution in [3.05, 3.63) is 0 Å². The number of carbonyl (C=O) groups excluding carboxylic acids is 2. The average molecular weight is 162 g/mol. The summed E-state index contributed by atoms with van der Waals surface area (Å²) < 4.78 is 0. The maximum Gasteiger partial charge on any atom is 0.372 e. The van der Waals surface area contributed by atoms with E-state index in [9.17, 15) is 14.4 Å². The van der Waals surface area contributed by atoms with Crippen molar-refractivity contribution in [2.75, 3.05) is 0 Å². The van der Waals surface area contributed by atoms with Crippen molar-refractivity contribution in [3.8, 4) is 0 Å². The van der Waals surface area contributed by atoms with E-state index in [0.717, 1.165) is 0 Å². The largest absolute Gasteiger partial charge is 0.476 e. The van der Waals surface area contributed by atoms with Crippen LogP contribution in [0.2, 0.25) is 0 Å². The molecule has 0 saturated heterocycles. The van der Waals surface area contributed by atoms with Crippen LogP contribution in [0.5, 0.6) is 0 Å². The Labute approximate surface area is 61.3 Å². The number of carbonyl (C=O) groups is 3. The second-order valence-electron chi connectivity index (χ2n) is 1.69. The molecule has 0 aromatic heterocycles. The molecule has 0 aromatic rings. The van der Waals surface area contributed by atoms with Gasteiger partial charge in [0.25, 0.3) is 0 Å². The molecule has 0 radical (unpaired) electrons. The molecule has 62 valence electrons. The molecule has 0 aliphatic heterocycles. The monoisotopic (exact) mass is 162 g/mol. The molecule has 0 saturated carbocycles. The summed E-state index contributed by atoms with van der Waals surface area (Å²) in [5, 5.41) is 15.7. The lowest BCUT2D eigenvalue weighted by atomic mass is 10.2. The van der Waals surface area contributed by atoms with Crippen molar-refractivity contribution < 1.29 is 29.6 Å². The first-order valence-electron chi connectivity index (χ1n) is 2.68. The third-order valence-electron chi connectivity index (χ3n) is 0.897. The van der Waals surface area contributed by atoms with Gasteiger partial charge >= 0.3 is 11.9 Å². The lowest BCUT2D eigenvalue weighted by Crippen LogP contribution is -2.14. The number of rotatable bonds is 4. The molecule has 0 bridgehead atoms. The van der Waals surface area contributed by atoms with E-state index in [0.29, 0.717) is 0 Å². The molecule has 11 heavy (non-hydrogen) atoms. The number of ketones is 1. The van der Waals surface area contributed by atoms with Crippen LogP contribution in [-0.4, -0.2) is 28.1 Å². The van der Waals surface area contributed by atoms with Gasteiger partial charge in [-0.05, 0) is 0 Å². The Bertz CT molecular complexity index is 183. The number of carboxylic acids is 1. The molecule has 6 heteroatoms. The summed E-state index contributed by atoms with van der Waals surface area (Å²) >= 11 is 0. The highest BCUT2D eigenvalue weighted by atomic mass is 17.1. The standard InChI is InChI=1S/C5H6O6/c6-3(5(8)9)1-2-4(7)11-10/h10H,1-2H2,(H,8,9). The minimum atomic E-state index is -1.60. The minimum absolute atomic E-state index is 0.429. The lowest BCUT2D eigenvalue weighted by Gasteiger charge is -1.92. The normalized spacial score (nSPS) is 8.82. The molecule has 0 unspecified atom stereocenters. The fraction of sp³-hybridized carbons (Fsp3) is 0.400. The Kier molecular flexibility index (Phi) is 3.82. The first-order chi connectivity index (χ1) is 5.07. The first-order valence-corrected chi connectivity index (χ1v) is 2.68. The van der Waals surface area contributed by atoms with Crippen LogP contribution in [0.4, 0.5) is 0 Å². The zero-order valence-corrected chi connectivity index (χ0v) is 5.44. The SMILES string of the molecule is O=C(CCC(=O)C(=O)O)OO. The molecular formula is C5H6O6. The van der Waals surface area contributed by atoms with Crippen molar-refractivity contribution in [2.24, 2.45) is 0 Å². The van der Waals surface area contributed by atoms with Gasteiger partial charge in [0.05, 0.1) is 6.42 Å². The Hall–Kier alpha value is -1.43. The van der Waals surface area contributed by atoms with Crippen LogP contribution in [0.25, 0.3) is 0 Å². The first kappa shape index (κ1) is 9.57. The predicted molar refractivity (Wildman–Crippen MR) is 30.6 cm³/mol. The highest BCUT2D eigenvalue weighted by molar-refractivity contribution is 6.32. The van der Waals surface area contributed by atoms with Crippen molar-refractivity contribution in [1.82, 2.24) is 0 Å². The molecular weight excluding hydrogens is 156 g/mol. The topological polar surface area (TPSA) is 101 Å². The van der Waals surface area contributed by atoms with Gasteiger partial charge < -0.3 is 9.99 Å². The molecule has 0 amide bonds. The van der Waals surface area contributed by atoms with Crippen molar-refractivity contribution in [1.29, 1.82) is 0 Å². The highest BCUT2D eigenvalue weighted by Crippen LogP contribution is 1.92. The summed E-state index contributed by atoms with van der Waals surface area (Å²) in [7, 11) is 0. The van der Waals surface area contributed by atoms with E-state index in [1.165, 1.54) is 0 Å². The van der Waals surface area contributed by atoms with Gasteiger partial charge in [-0.1, -0.05) is 0 Å². The number of carboxylic acid groups (broad SMARTS) is 1. The Balaban J connectivity index is 3.63. The van der Waals surface area contributed by atoms with Gasteiger partial charge in [0.2, 0.25) is 5.78 Å². The van der Waals surface area contributed by atoms with Crippen LogP contribution in [-0.2, 0) is 19.3 Å². The third-order valence-corrected chi connectivity index (χ3v) is 0.897. The van der Waals surface area contributed by atoms with Crippen LogP contribution >= 0.6 is 0 Å². The maximum atomic E-state index is 10.3. The van der Waals surface area contributed by atoms with E-state index in [-0.39, 0.29) is 0 Å². The van der Waals surface area contributed by atoms with Crippen LogP contribution in [0.1, 0.15) is 12.8 Å². The number of hydrogen-bond donors (Lipinski definition) is 2. The van der Waals surface area contributed by atoms with Gasteiger partial charge in [0.1, 0.15) is 0 Å². The summed E-state index contributed by atoms with van der Waals surface area (Å²) in [4.78, 5) is 33.4. The summed E-state index contributed by atoms with van der Waals surface area (Å²) in [5.74, 6) is -3.72. The van der Waals surface area contributed by atoms with Gasteiger partial charge in [0.15, 0.2) is 0 Å². The summed E-state index contributed by atoms with van der Waals surface area (Å²) in [6.07, 6.45) is -0.892. The molecule has 2 N–H and O–H groups in total. The van der Waals surface area contributed by atoms with Crippen LogP contribution in [0, 0.1) is 0 Å². The molecule has 0 aliphatic rings. The van der Waals surface area contributed by atoms with Crippen molar-refractivity contribution >= 4 is 17.7 Å². The van der Waals surface area contributed by atoms with Gasteiger partial charge in [-0.2, -0.15) is 5.26 Å². The molecule has 0 atom stereocenters.